The first-order valence-electron chi connectivity index (χ1n) is 5.70. The van der Waals surface area contributed by atoms with Gasteiger partial charge in [-0.2, -0.15) is 0 Å². The number of hydrogen-bond acceptors (Lipinski definition) is 3. The summed E-state index contributed by atoms with van der Waals surface area (Å²) in [6, 6.07) is 7.69. The number of amides is 1. The Kier molecular flexibility index (Phi) is 4.97. The number of rotatable bonds is 5. The molecule has 1 rings (SSSR count). The van der Waals surface area contributed by atoms with Gasteiger partial charge in [0, 0.05) is 25.6 Å². The monoisotopic (exact) mass is 236 g/mol. The van der Waals surface area contributed by atoms with Crippen molar-refractivity contribution in [3.05, 3.63) is 29.8 Å². The molecule has 4 nitrogen and oxygen atoms in total. The Labute approximate surface area is 102 Å². The summed E-state index contributed by atoms with van der Waals surface area (Å²) < 4.78 is 5.29. The zero-order chi connectivity index (χ0) is 12.8. The highest BCUT2D eigenvalue weighted by Crippen LogP contribution is 2.28. The molecule has 1 aromatic carbocycles. The van der Waals surface area contributed by atoms with Crippen LogP contribution in [0.5, 0.6) is 5.75 Å². The predicted molar refractivity (Wildman–Crippen MR) is 67.9 cm³/mol. The van der Waals surface area contributed by atoms with Crippen LogP contribution in [0.2, 0.25) is 0 Å². The van der Waals surface area contributed by atoms with E-state index in [0.29, 0.717) is 13.0 Å². The first-order chi connectivity index (χ1) is 8.11. The minimum Gasteiger partial charge on any atom is -0.496 e. The van der Waals surface area contributed by atoms with Gasteiger partial charge in [-0.15, -0.1) is 0 Å². The van der Waals surface area contributed by atoms with Gasteiger partial charge in [-0.1, -0.05) is 18.2 Å². The van der Waals surface area contributed by atoms with Crippen LogP contribution < -0.4 is 10.5 Å². The van der Waals surface area contributed by atoms with Crippen molar-refractivity contribution >= 4 is 5.91 Å². The molecule has 1 atom stereocenters. The number of para-hydroxylation sites is 1. The van der Waals surface area contributed by atoms with E-state index >= 15 is 0 Å². The number of benzene rings is 1. The summed E-state index contributed by atoms with van der Waals surface area (Å²) in [4.78, 5) is 13.5. The molecule has 1 unspecified atom stereocenters. The molecule has 0 saturated carbocycles. The average molecular weight is 236 g/mol. The van der Waals surface area contributed by atoms with Crippen LogP contribution in [0.4, 0.5) is 0 Å². The molecule has 0 spiro atoms. The minimum absolute atomic E-state index is 0.0230. The second-order valence-electron chi connectivity index (χ2n) is 3.96. The van der Waals surface area contributed by atoms with Crippen LogP contribution in [-0.4, -0.2) is 31.5 Å². The number of ether oxygens (including phenoxy) is 1. The molecule has 2 N–H and O–H groups in total. The summed E-state index contributed by atoms with van der Waals surface area (Å²) in [6.45, 7) is 2.36. The number of carbonyl (C=O) groups is 1. The first kappa shape index (κ1) is 13.5. The molecule has 0 aliphatic rings. The maximum Gasteiger partial charge on any atom is 0.224 e. The van der Waals surface area contributed by atoms with Gasteiger partial charge in [-0.05, 0) is 13.0 Å². The van der Waals surface area contributed by atoms with Gasteiger partial charge in [0.1, 0.15) is 5.75 Å². The third-order valence-corrected chi connectivity index (χ3v) is 2.92. The highest BCUT2D eigenvalue weighted by atomic mass is 16.5. The van der Waals surface area contributed by atoms with Gasteiger partial charge in [0.25, 0.3) is 0 Å². The smallest absolute Gasteiger partial charge is 0.224 e. The maximum absolute atomic E-state index is 11.8. The molecule has 0 saturated heterocycles. The summed E-state index contributed by atoms with van der Waals surface area (Å²) >= 11 is 0. The molecule has 0 aliphatic carbocycles. The van der Waals surface area contributed by atoms with Crippen molar-refractivity contribution in [3.63, 3.8) is 0 Å². The van der Waals surface area contributed by atoms with Crippen molar-refractivity contribution in [1.82, 2.24) is 4.90 Å². The lowest BCUT2D eigenvalue weighted by molar-refractivity contribution is -0.131. The zero-order valence-corrected chi connectivity index (χ0v) is 10.6. The number of carbonyl (C=O) groups excluding carboxylic acids is 1. The molecule has 1 aromatic rings. The van der Waals surface area contributed by atoms with Crippen molar-refractivity contribution in [3.8, 4) is 5.75 Å². The van der Waals surface area contributed by atoms with Gasteiger partial charge in [-0.3, -0.25) is 4.79 Å². The van der Waals surface area contributed by atoms with Gasteiger partial charge in [0.05, 0.1) is 13.2 Å². The fourth-order valence-electron chi connectivity index (χ4n) is 1.74. The molecule has 0 bridgehead atoms. The molecule has 4 heteroatoms. The van der Waals surface area contributed by atoms with Crippen molar-refractivity contribution in [2.45, 2.75) is 19.4 Å². The lowest BCUT2D eigenvalue weighted by Crippen LogP contribution is -2.31. The molecule has 0 radical (unpaired) electrons. The largest absolute Gasteiger partial charge is 0.496 e. The van der Waals surface area contributed by atoms with Crippen molar-refractivity contribution in [2.24, 2.45) is 5.73 Å². The van der Waals surface area contributed by atoms with E-state index in [-0.39, 0.29) is 11.9 Å². The third-order valence-electron chi connectivity index (χ3n) is 2.92. The van der Waals surface area contributed by atoms with Crippen LogP contribution in [0, 0.1) is 0 Å². The van der Waals surface area contributed by atoms with Crippen molar-refractivity contribution in [2.75, 3.05) is 20.7 Å². The Morgan fingerprint density at radius 2 is 2.12 bits per heavy atom. The van der Waals surface area contributed by atoms with E-state index in [2.05, 4.69) is 0 Å². The highest BCUT2D eigenvalue weighted by molar-refractivity contribution is 5.76. The highest BCUT2D eigenvalue weighted by Gasteiger charge is 2.19. The van der Waals surface area contributed by atoms with E-state index in [0.717, 1.165) is 11.3 Å². The molecular weight excluding hydrogens is 216 g/mol. The number of nitrogens with two attached hydrogens (primary N) is 1. The van der Waals surface area contributed by atoms with Gasteiger partial charge < -0.3 is 15.4 Å². The Morgan fingerprint density at radius 3 is 2.71 bits per heavy atom. The van der Waals surface area contributed by atoms with E-state index in [4.69, 9.17) is 10.5 Å². The van der Waals surface area contributed by atoms with Gasteiger partial charge in [-0.25, -0.2) is 0 Å². The van der Waals surface area contributed by atoms with Crippen LogP contribution in [0.25, 0.3) is 0 Å². The van der Waals surface area contributed by atoms with Crippen LogP contribution in [-0.2, 0) is 4.79 Å². The predicted octanol–water partition coefficient (Wildman–Crippen LogP) is 1.56. The van der Waals surface area contributed by atoms with Crippen LogP contribution in [0.1, 0.15) is 24.9 Å². The summed E-state index contributed by atoms with van der Waals surface area (Å²) in [5.41, 5.74) is 6.39. The fraction of sp³-hybridized carbons (Fsp3) is 0.462. The summed E-state index contributed by atoms with van der Waals surface area (Å²) in [7, 11) is 3.42. The second kappa shape index (κ2) is 6.25. The van der Waals surface area contributed by atoms with Crippen LogP contribution in [0.15, 0.2) is 24.3 Å². The Balaban J connectivity index is 2.88. The Hall–Kier alpha value is -1.55. The third kappa shape index (κ3) is 3.20. The minimum atomic E-state index is -0.0230. The SMILES string of the molecule is COc1ccccc1C(C)N(C)C(=O)CCN. The maximum atomic E-state index is 11.8. The van der Waals surface area contributed by atoms with E-state index in [9.17, 15) is 4.79 Å². The summed E-state index contributed by atoms with van der Waals surface area (Å²) in [5, 5.41) is 0. The second-order valence-corrected chi connectivity index (χ2v) is 3.96. The van der Waals surface area contributed by atoms with Gasteiger partial charge >= 0.3 is 0 Å². The van der Waals surface area contributed by atoms with Crippen LogP contribution in [0.3, 0.4) is 0 Å². The van der Waals surface area contributed by atoms with E-state index in [1.54, 1.807) is 19.1 Å². The number of nitrogens with zero attached hydrogens (tertiary/aromatic N) is 1. The van der Waals surface area contributed by atoms with Gasteiger partial charge in [0.15, 0.2) is 0 Å². The fourth-order valence-corrected chi connectivity index (χ4v) is 1.74. The molecule has 0 fully saturated rings. The van der Waals surface area contributed by atoms with Crippen LogP contribution >= 0.6 is 0 Å². The normalized spacial score (nSPS) is 12.0. The lowest BCUT2D eigenvalue weighted by atomic mass is 10.1. The Bertz CT molecular complexity index is 379. The Morgan fingerprint density at radius 1 is 1.47 bits per heavy atom. The molecular formula is C13H20N2O2. The van der Waals surface area contributed by atoms with Crippen molar-refractivity contribution < 1.29 is 9.53 Å². The quantitative estimate of drug-likeness (QED) is 0.844. The van der Waals surface area contributed by atoms with Crippen molar-refractivity contribution in [1.29, 1.82) is 0 Å². The summed E-state index contributed by atoms with van der Waals surface area (Å²) in [5.74, 6) is 0.846. The van der Waals surface area contributed by atoms with E-state index in [1.807, 2.05) is 31.2 Å². The number of hydrogen-bond donors (Lipinski definition) is 1. The standard InChI is InChI=1S/C13H20N2O2/c1-10(15(2)13(16)8-9-14)11-6-4-5-7-12(11)17-3/h4-7,10H,8-9,14H2,1-3H3. The molecule has 1 amide bonds. The molecule has 0 aliphatic heterocycles. The molecule has 0 aromatic heterocycles. The van der Waals surface area contributed by atoms with E-state index in [1.165, 1.54) is 0 Å². The molecule has 17 heavy (non-hydrogen) atoms. The van der Waals surface area contributed by atoms with E-state index < -0.39 is 0 Å². The average Bonchev–Trinajstić information content (AvgIpc) is 2.37. The lowest BCUT2D eigenvalue weighted by Gasteiger charge is -2.26. The first-order valence-corrected chi connectivity index (χ1v) is 5.70. The summed E-state index contributed by atoms with van der Waals surface area (Å²) in [6.07, 6.45) is 0.371. The topological polar surface area (TPSA) is 55.6 Å². The zero-order valence-electron chi connectivity index (χ0n) is 10.6. The molecule has 94 valence electrons. The van der Waals surface area contributed by atoms with Gasteiger partial charge in [0.2, 0.25) is 5.91 Å². The molecule has 0 heterocycles. The number of methoxy groups -OCH3 is 1.